The van der Waals surface area contributed by atoms with Crippen molar-refractivity contribution in [3.63, 3.8) is 0 Å². The van der Waals surface area contributed by atoms with Crippen molar-refractivity contribution in [2.75, 3.05) is 0 Å². The first kappa shape index (κ1) is 15.0. The fourth-order valence-corrected chi connectivity index (χ4v) is 8.10. The second-order valence-electron chi connectivity index (χ2n) is 5.20. The third-order valence-electron chi connectivity index (χ3n) is 4.00. The van der Waals surface area contributed by atoms with E-state index >= 15 is 0 Å². The van der Waals surface area contributed by atoms with E-state index in [2.05, 4.69) is 113 Å². The second kappa shape index (κ2) is 6.90. The molecule has 0 N–H and O–H groups in total. The van der Waals surface area contributed by atoms with E-state index in [1.807, 2.05) is 4.99 Å². The first-order valence-corrected chi connectivity index (χ1v) is 10.3. The van der Waals surface area contributed by atoms with E-state index in [-0.39, 0.29) is 0 Å². The fourth-order valence-electron chi connectivity index (χ4n) is 2.99. The highest BCUT2D eigenvalue weighted by Gasteiger charge is 2.36. The maximum absolute atomic E-state index is 3.53. The average molecular weight is 365 g/mol. The Hall–Kier alpha value is -1.90. The molecule has 0 aromatic heterocycles. The summed E-state index contributed by atoms with van der Waals surface area (Å²) in [7, 11) is -2.15. The zero-order valence-corrected chi connectivity index (χ0v) is 14.8. The van der Waals surface area contributed by atoms with Crippen LogP contribution in [0.5, 0.6) is 0 Å². The second-order valence-corrected chi connectivity index (χ2v) is 9.41. The number of rotatable bonds is 4. The van der Waals surface area contributed by atoms with Gasteiger partial charge in [-0.2, -0.15) is 0 Å². The van der Waals surface area contributed by atoms with Gasteiger partial charge in [-0.15, -0.1) is 0 Å². The van der Waals surface area contributed by atoms with Gasteiger partial charge in [-0.1, -0.05) is 113 Å². The van der Waals surface area contributed by atoms with Crippen LogP contribution >= 0.6 is 15.9 Å². The summed E-state index contributed by atoms with van der Waals surface area (Å²) in [5.74, 6) is 0. The number of halogens is 1. The van der Waals surface area contributed by atoms with Crippen LogP contribution in [-0.4, -0.2) is 8.07 Å². The van der Waals surface area contributed by atoms with E-state index in [0.29, 0.717) is 0 Å². The molecule has 0 bridgehead atoms. The molecule has 108 valence electrons. The van der Waals surface area contributed by atoms with Crippen LogP contribution in [-0.2, 0) is 0 Å². The van der Waals surface area contributed by atoms with Crippen LogP contribution < -0.4 is 15.6 Å². The van der Waals surface area contributed by atoms with E-state index in [0.717, 1.165) is 0 Å². The van der Waals surface area contributed by atoms with Crippen LogP contribution in [0.3, 0.4) is 0 Å². The lowest BCUT2D eigenvalue weighted by Crippen LogP contribution is -2.65. The standard InChI is InChI=1S/C20H17BrSi/c21-16-17-22(18-10-4-1-5-11-18,19-12-6-2-7-13-19)20-14-8-3-9-15-20/h1-17H/b17-16+. The molecular formula is C20H17BrSi. The molecule has 0 saturated carbocycles. The summed E-state index contributed by atoms with van der Waals surface area (Å²) < 4.78 is 0. The molecule has 0 radical (unpaired) electrons. The molecule has 0 heterocycles. The van der Waals surface area contributed by atoms with Crippen molar-refractivity contribution in [2.45, 2.75) is 0 Å². The van der Waals surface area contributed by atoms with Gasteiger partial charge in [0.05, 0.1) is 0 Å². The van der Waals surface area contributed by atoms with Crippen LogP contribution in [0.15, 0.2) is 102 Å². The van der Waals surface area contributed by atoms with E-state index < -0.39 is 8.07 Å². The van der Waals surface area contributed by atoms with Crippen molar-refractivity contribution in [2.24, 2.45) is 0 Å². The van der Waals surface area contributed by atoms with Crippen LogP contribution in [0.2, 0.25) is 0 Å². The molecule has 3 rings (SSSR count). The van der Waals surface area contributed by atoms with Gasteiger partial charge < -0.3 is 0 Å². The highest BCUT2D eigenvalue weighted by Crippen LogP contribution is 2.10. The Morgan fingerprint density at radius 1 is 0.545 bits per heavy atom. The molecule has 0 nitrogen and oxygen atoms in total. The van der Waals surface area contributed by atoms with E-state index in [1.54, 1.807) is 0 Å². The Morgan fingerprint density at radius 2 is 0.864 bits per heavy atom. The predicted octanol–water partition coefficient (Wildman–Crippen LogP) is 3.60. The number of hydrogen-bond donors (Lipinski definition) is 0. The summed E-state index contributed by atoms with van der Waals surface area (Å²) in [6.07, 6.45) is 0. The Balaban J connectivity index is 2.34. The van der Waals surface area contributed by atoms with Crippen LogP contribution in [0.25, 0.3) is 0 Å². The normalized spacial score (nSPS) is 11.7. The van der Waals surface area contributed by atoms with E-state index in [1.165, 1.54) is 15.6 Å². The number of benzene rings is 3. The predicted molar refractivity (Wildman–Crippen MR) is 102 cm³/mol. The average Bonchev–Trinajstić information content (AvgIpc) is 2.62. The molecule has 0 fully saturated rings. The third-order valence-corrected chi connectivity index (χ3v) is 9.15. The summed E-state index contributed by atoms with van der Waals surface area (Å²) in [5.41, 5.74) is 2.35. The van der Waals surface area contributed by atoms with Crippen molar-refractivity contribution >= 4 is 39.6 Å². The minimum atomic E-state index is -2.15. The summed E-state index contributed by atoms with van der Waals surface area (Å²) in [5, 5.41) is 4.18. The molecule has 0 aliphatic heterocycles. The smallest absolute Gasteiger partial charge is 0.0749 e. The van der Waals surface area contributed by atoms with Crippen molar-refractivity contribution in [1.82, 2.24) is 0 Å². The molecule has 0 unspecified atom stereocenters. The van der Waals surface area contributed by atoms with Crippen LogP contribution in [0, 0.1) is 0 Å². The summed E-state index contributed by atoms with van der Waals surface area (Å²) in [4.78, 5) is 2.02. The van der Waals surface area contributed by atoms with Gasteiger partial charge in [0.2, 0.25) is 0 Å². The molecule has 0 aliphatic carbocycles. The molecule has 3 aromatic rings. The minimum Gasteiger partial charge on any atom is -0.0749 e. The maximum Gasteiger partial charge on any atom is 0.172 e. The summed E-state index contributed by atoms with van der Waals surface area (Å²) >= 11 is 3.53. The highest BCUT2D eigenvalue weighted by atomic mass is 79.9. The fraction of sp³-hybridized carbons (Fsp3) is 0. The van der Waals surface area contributed by atoms with Gasteiger partial charge in [0, 0.05) is 0 Å². The summed E-state index contributed by atoms with van der Waals surface area (Å²) in [6, 6.07) is 32.5. The molecule has 22 heavy (non-hydrogen) atoms. The molecule has 0 aliphatic rings. The third kappa shape index (κ3) is 2.72. The Labute approximate surface area is 141 Å². The lowest BCUT2D eigenvalue weighted by Gasteiger charge is -2.30. The van der Waals surface area contributed by atoms with E-state index in [9.17, 15) is 0 Å². The zero-order valence-electron chi connectivity index (χ0n) is 12.2. The summed E-state index contributed by atoms with van der Waals surface area (Å²) in [6.45, 7) is 0. The van der Waals surface area contributed by atoms with Gasteiger partial charge in [0.15, 0.2) is 8.07 Å². The van der Waals surface area contributed by atoms with Crippen molar-refractivity contribution in [3.8, 4) is 0 Å². The zero-order chi connectivity index (χ0) is 15.3. The van der Waals surface area contributed by atoms with Gasteiger partial charge >= 0.3 is 0 Å². The lowest BCUT2D eigenvalue weighted by molar-refractivity contribution is 1.68. The van der Waals surface area contributed by atoms with Gasteiger partial charge in [0.1, 0.15) is 0 Å². The molecule has 0 atom stereocenters. The van der Waals surface area contributed by atoms with E-state index in [4.69, 9.17) is 0 Å². The Bertz CT molecular complexity index is 640. The Morgan fingerprint density at radius 3 is 1.14 bits per heavy atom. The largest absolute Gasteiger partial charge is 0.172 e. The Kier molecular flexibility index (Phi) is 4.71. The molecule has 0 spiro atoms. The monoisotopic (exact) mass is 364 g/mol. The first-order chi connectivity index (χ1) is 10.9. The topological polar surface area (TPSA) is 0 Å². The highest BCUT2D eigenvalue weighted by molar-refractivity contribution is 9.11. The van der Waals surface area contributed by atoms with Gasteiger partial charge in [-0.3, -0.25) is 0 Å². The van der Waals surface area contributed by atoms with Gasteiger partial charge in [0.25, 0.3) is 0 Å². The molecule has 0 amide bonds. The SMILES string of the molecule is Br/C=C/[Si](c1ccccc1)(c1ccccc1)c1ccccc1. The number of hydrogen-bond acceptors (Lipinski definition) is 0. The maximum atomic E-state index is 3.53. The lowest BCUT2D eigenvalue weighted by atomic mass is 10.3. The first-order valence-electron chi connectivity index (χ1n) is 7.32. The molecular weight excluding hydrogens is 348 g/mol. The van der Waals surface area contributed by atoms with Crippen LogP contribution in [0.4, 0.5) is 0 Å². The van der Waals surface area contributed by atoms with Gasteiger partial charge in [-0.25, -0.2) is 0 Å². The minimum absolute atomic E-state index is 1.39. The van der Waals surface area contributed by atoms with Crippen molar-refractivity contribution in [1.29, 1.82) is 0 Å². The van der Waals surface area contributed by atoms with Crippen molar-refractivity contribution in [3.05, 3.63) is 102 Å². The van der Waals surface area contributed by atoms with Crippen LogP contribution in [0.1, 0.15) is 0 Å². The van der Waals surface area contributed by atoms with Gasteiger partial charge in [-0.05, 0) is 20.5 Å². The molecule has 0 saturated heterocycles. The quantitative estimate of drug-likeness (QED) is 0.490. The molecule has 3 aromatic carbocycles. The molecule has 2 heteroatoms. The van der Waals surface area contributed by atoms with Crippen molar-refractivity contribution < 1.29 is 0 Å².